The lowest BCUT2D eigenvalue weighted by molar-refractivity contribution is -0.136. The van der Waals surface area contributed by atoms with E-state index >= 15 is 0 Å². The molecule has 5 heteroatoms. The second-order valence-corrected chi connectivity index (χ2v) is 3.18. The van der Waals surface area contributed by atoms with E-state index in [1.807, 2.05) is 13.8 Å². The Bertz CT molecular complexity index is 293. The molecule has 0 amide bonds. The number of hydrogen-bond donors (Lipinski definition) is 1. The summed E-state index contributed by atoms with van der Waals surface area (Å²) in [6.07, 6.45) is 2.34. The molecular weight excluding hydrogens is 170 g/mol. The normalized spacial score (nSPS) is 10.7. The van der Waals surface area contributed by atoms with Crippen molar-refractivity contribution in [2.45, 2.75) is 32.7 Å². The van der Waals surface area contributed by atoms with E-state index in [1.165, 1.54) is 0 Å². The van der Waals surface area contributed by atoms with E-state index < -0.39 is 5.97 Å². The summed E-state index contributed by atoms with van der Waals surface area (Å²) in [4.78, 5) is 10.3. The van der Waals surface area contributed by atoms with Gasteiger partial charge in [-0.25, -0.2) is 4.68 Å². The highest BCUT2D eigenvalue weighted by Gasteiger charge is 2.05. The number of hydrogen-bond acceptors (Lipinski definition) is 3. The fourth-order valence-corrected chi connectivity index (χ4v) is 0.915. The van der Waals surface area contributed by atoms with Gasteiger partial charge in [0.25, 0.3) is 0 Å². The number of aliphatic carboxylic acids is 1. The molecule has 0 fully saturated rings. The summed E-state index contributed by atoms with van der Waals surface area (Å²) in [5.74, 6) is -0.806. The van der Waals surface area contributed by atoms with Gasteiger partial charge in [-0.3, -0.25) is 4.79 Å². The van der Waals surface area contributed by atoms with Crippen LogP contribution < -0.4 is 0 Å². The summed E-state index contributed by atoms with van der Waals surface area (Å²) in [5.41, 5.74) is 0.733. The van der Waals surface area contributed by atoms with Crippen LogP contribution in [-0.4, -0.2) is 26.1 Å². The molecule has 0 radical (unpaired) electrons. The maximum absolute atomic E-state index is 10.3. The Morgan fingerprint density at radius 2 is 2.38 bits per heavy atom. The van der Waals surface area contributed by atoms with Crippen molar-refractivity contribution in [1.29, 1.82) is 0 Å². The summed E-state index contributed by atoms with van der Waals surface area (Å²) in [5, 5.41) is 16.2. The van der Waals surface area contributed by atoms with E-state index in [9.17, 15) is 4.79 Å². The van der Waals surface area contributed by atoms with Gasteiger partial charge in [-0.15, -0.1) is 5.10 Å². The minimum absolute atomic E-state index is 0.108. The molecule has 1 aromatic rings. The lowest BCUT2D eigenvalue weighted by Gasteiger charge is -2.00. The maximum atomic E-state index is 10.3. The third-order valence-corrected chi connectivity index (χ3v) is 1.68. The van der Waals surface area contributed by atoms with Crippen molar-refractivity contribution in [1.82, 2.24) is 15.0 Å². The minimum Gasteiger partial charge on any atom is -0.481 e. The van der Waals surface area contributed by atoms with Crippen LogP contribution in [0.25, 0.3) is 0 Å². The minimum atomic E-state index is -0.806. The van der Waals surface area contributed by atoms with E-state index in [1.54, 1.807) is 10.9 Å². The Balaban J connectivity index is 2.54. The number of nitrogens with zero attached hydrogens (tertiary/aromatic N) is 3. The van der Waals surface area contributed by atoms with Gasteiger partial charge < -0.3 is 5.11 Å². The van der Waals surface area contributed by atoms with E-state index in [2.05, 4.69) is 10.3 Å². The fourth-order valence-electron chi connectivity index (χ4n) is 0.915. The van der Waals surface area contributed by atoms with Crippen LogP contribution in [0.15, 0.2) is 6.20 Å². The van der Waals surface area contributed by atoms with Crippen LogP contribution in [0.5, 0.6) is 0 Å². The molecule has 0 spiro atoms. The van der Waals surface area contributed by atoms with Crippen molar-refractivity contribution < 1.29 is 9.90 Å². The topological polar surface area (TPSA) is 68.0 Å². The number of carboxylic acid groups (broad SMARTS) is 1. The van der Waals surface area contributed by atoms with Crippen molar-refractivity contribution >= 4 is 5.97 Å². The Hall–Kier alpha value is -1.39. The van der Waals surface area contributed by atoms with Crippen LogP contribution in [0, 0.1) is 0 Å². The van der Waals surface area contributed by atoms with Gasteiger partial charge in [-0.2, -0.15) is 0 Å². The number of carbonyl (C=O) groups is 1. The molecule has 0 aliphatic heterocycles. The van der Waals surface area contributed by atoms with Crippen LogP contribution in [-0.2, 0) is 11.2 Å². The van der Waals surface area contributed by atoms with Crippen LogP contribution >= 0.6 is 0 Å². The van der Waals surface area contributed by atoms with Gasteiger partial charge in [0.15, 0.2) is 0 Å². The summed E-state index contributed by atoms with van der Waals surface area (Å²) >= 11 is 0. The molecule has 1 heterocycles. The molecule has 0 bridgehead atoms. The average Bonchev–Trinajstić information content (AvgIpc) is 2.48. The van der Waals surface area contributed by atoms with E-state index in [0.29, 0.717) is 6.42 Å². The first-order valence-electron chi connectivity index (χ1n) is 4.22. The SMILES string of the molecule is CC(C)n1cc(CCC(=O)O)nn1. The summed E-state index contributed by atoms with van der Waals surface area (Å²) in [7, 11) is 0. The molecule has 0 saturated carbocycles. The molecule has 0 unspecified atom stereocenters. The van der Waals surface area contributed by atoms with Gasteiger partial charge >= 0.3 is 5.97 Å². The molecular formula is C8H13N3O2. The Morgan fingerprint density at radius 1 is 1.69 bits per heavy atom. The smallest absolute Gasteiger partial charge is 0.303 e. The summed E-state index contributed by atoms with van der Waals surface area (Å²) in [6.45, 7) is 3.99. The predicted octanol–water partition coefficient (Wildman–Crippen LogP) is 0.876. The van der Waals surface area contributed by atoms with E-state index in [4.69, 9.17) is 5.11 Å². The molecule has 0 aliphatic carbocycles. The lowest BCUT2D eigenvalue weighted by Crippen LogP contribution is -2.00. The van der Waals surface area contributed by atoms with Crippen LogP contribution in [0.4, 0.5) is 0 Å². The second-order valence-electron chi connectivity index (χ2n) is 3.18. The molecule has 1 aromatic heterocycles. The molecule has 5 nitrogen and oxygen atoms in total. The predicted molar refractivity (Wildman–Crippen MR) is 46.4 cm³/mol. The van der Waals surface area contributed by atoms with Crippen molar-refractivity contribution in [3.8, 4) is 0 Å². The number of rotatable bonds is 4. The largest absolute Gasteiger partial charge is 0.481 e. The highest BCUT2D eigenvalue weighted by atomic mass is 16.4. The Labute approximate surface area is 76.4 Å². The van der Waals surface area contributed by atoms with Gasteiger partial charge in [-0.05, 0) is 13.8 Å². The molecule has 1 N–H and O–H groups in total. The highest BCUT2D eigenvalue weighted by Crippen LogP contribution is 2.04. The molecule has 0 saturated heterocycles. The van der Waals surface area contributed by atoms with Crippen molar-refractivity contribution in [2.24, 2.45) is 0 Å². The third-order valence-electron chi connectivity index (χ3n) is 1.68. The summed E-state index contributed by atoms with van der Waals surface area (Å²) < 4.78 is 1.72. The van der Waals surface area contributed by atoms with Crippen molar-refractivity contribution in [3.63, 3.8) is 0 Å². The highest BCUT2D eigenvalue weighted by molar-refractivity contribution is 5.66. The number of aromatic nitrogens is 3. The zero-order valence-corrected chi connectivity index (χ0v) is 7.77. The fraction of sp³-hybridized carbons (Fsp3) is 0.625. The van der Waals surface area contributed by atoms with Gasteiger partial charge in [0.1, 0.15) is 0 Å². The van der Waals surface area contributed by atoms with Crippen LogP contribution in [0.1, 0.15) is 32.0 Å². The zero-order valence-electron chi connectivity index (χ0n) is 7.77. The first-order chi connectivity index (χ1) is 6.09. The van der Waals surface area contributed by atoms with Crippen LogP contribution in [0.3, 0.4) is 0 Å². The van der Waals surface area contributed by atoms with E-state index in [-0.39, 0.29) is 12.5 Å². The molecule has 0 aliphatic rings. The second kappa shape index (κ2) is 4.02. The van der Waals surface area contributed by atoms with E-state index in [0.717, 1.165) is 5.69 Å². The Kier molecular flexibility index (Phi) is 3.00. The first-order valence-corrected chi connectivity index (χ1v) is 4.22. The molecule has 0 atom stereocenters. The van der Waals surface area contributed by atoms with Gasteiger partial charge in [0.05, 0.1) is 12.1 Å². The summed E-state index contributed by atoms with van der Waals surface area (Å²) in [6, 6.07) is 0.270. The average molecular weight is 183 g/mol. The third kappa shape index (κ3) is 2.85. The zero-order chi connectivity index (χ0) is 9.84. The monoisotopic (exact) mass is 183 g/mol. The maximum Gasteiger partial charge on any atom is 0.303 e. The molecule has 0 aromatic carbocycles. The number of carboxylic acids is 1. The van der Waals surface area contributed by atoms with Crippen molar-refractivity contribution in [3.05, 3.63) is 11.9 Å². The molecule has 1 rings (SSSR count). The molecule has 13 heavy (non-hydrogen) atoms. The van der Waals surface area contributed by atoms with Gasteiger partial charge in [-0.1, -0.05) is 5.21 Å². The number of aryl methyl sites for hydroxylation is 1. The van der Waals surface area contributed by atoms with Crippen LogP contribution in [0.2, 0.25) is 0 Å². The quantitative estimate of drug-likeness (QED) is 0.752. The standard InChI is InChI=1S/C8H13N3O2/c1-6(2)11-5-7(9-10-11)3-4-8(12)13/h5-6H,3-4H2,1-2H3,(H,12,13). The van der Waals surface area contributed by atoms with Crippen molar-refractivity contribution in [2.75, 3.05) is 0 Å². The van der Waals surface area contributed by atoms with Gasteiger partial charge in [0, 0.05) is 18.7 Å². The lowest BCUT2D eigenvalue weighted by atomic mass is 10.2. The Morgan fingerprint density at radius 3 is 2.85 bits per heavy atom. The first kappa shape index (κ1) is 9.70. The molecule has 72 valence electrons. The van der Waals surface area contributed by atoms with Gasteiger partial charge in [0.2, 0.25) is 0 Å².